The number of nitrogens with one attached hydrogen (secondary N) is 1. The normalized spacial score (nSPS) is 22.7. The van der Waals surface area contributed by atoms with Gasteiger partial charge in [0.05, 0.1) is 6.67 Å². The molecule has 0 aliphatic carbocycles. The number of benzene rings is 2. The maximum Gasteiger partial charge on any atom is 0.326 e. The number of urea groups is 1. The summed E-state index contributed by atoms with van der Waals surface area (Å²) in [5, 5.41) is 3.63. The fraction of sp³-hybridized carbons (Fsp3) is 0.300. The molecule has 0 spiro atoms. The minimum Gasteiger partial charge on any atom is -0.319 e. The maximum atomic E-state index is 13.1. The van der Waals surface area contributed by atoms with Gasteiger partial charge in [0.2, 0.25) is 0 Å². The third-order valence-corrected chi connectivity index (χ3v) is 5.84. The van der Waals surface area contributed by atoms with Crippen LogP contribution < -0.4 is 5.32 Å². The minimum absolute atomic E-state index is 0.250. The van der Waals surface area contributed by atoms with E-state index in [0.29, 0.717) is 22.2 Å². The lowest BCUT2D eigenvalue weighted by Crippen LogP contribution is -2.45. The molecule has 1 saturated heterocycles. The first kappa shape index (κ1) is 18.3. The van der Waals surface area contributed by atoms with Crippen LogP contribution >= 0.6 is 23.2 Å². The number of imide groups is 1. The fourth-order valence-electron chi connectivity index (χ4n) is 3.78. The lowest BCUT2D eigenvalue weighted by Gasteiger charge is -2.31. The van der Waals surface area contributed by atoms with Crippen LogP contribution in [0.5, 0.6) is 0 Å². The molecule has 0 saturated carbocycles. The summed E-state index contributed by atoms with van der Waals surface area (Å²) in [6.07, 6.45) is 0.903. The van der Waals surface area contributed by atoms with Crippen molar-refractivity contribution in [3.63, 3.8) is 0 Å². The first-order chi connectivity index (χ1) is 12.9. The number of nitrogens with zero attached hydrogens (tertiary/aromatic N) is 2. The SMILES string of the molecule is C[C@@]1(c2ccc(Cl)cc2Cl)NC(=O)N(CN2CCc3ccccc3C2)C1=O. The quantitative estimate of drug-likeness (QED) is 0.793. The summed E-state index contributed by atoms with van der Waals surface area (Å²) in [7, 11) is 0. The Bertz CT molecular complexity index is 933. The fourth-order valence-corrected chi connectivity index (χ4v) is 4.38. The Balaban J connectivity index is 1.55. The number of hydrogen-bond acceptors (Lipinski definition) is 3. The van der Waals surface area contributed by atoms with Gasteiger partial charge >= 0.3 is 6.03 Å². The zero-order chi connectivity index (χ0) is 19.2. The Morgan fingerprint density at radius 2 is 1.85 bits per heavy atom. The van der Waals surface area contributed by atoms with Gasteiger partial charge < -0.3 is 5.32 Å². The molecule has 2 heterocycles. The largest absolute Gasteiger partial charge is 0.326 e. The number of amides is 3. The highest BCUT2D eigenvalue weighted by molar-refractivity contribution is 6.35. The van der Waals surface area contributed by atoms with Crippen LogP contribution in [0, 0.1) is 0 Å². The molecule has 1 fully saturated rings. The summed E-state index contributed by atoms with van der Waals surface area (Å²) >= 11 is 12.3. The van der Waals surface area contributed by atoms with Crippen LogP contribution in [0.25, 0.3) is 0 Å². The van der Waals surface area contributed by atoms with Gasteiger partial charge in [-0.2, -0.15) is 0 Å². The molecule has 2 aromatic carbocycles. The van der Waals surface area contributed by atoms with E-state index < -0.39 is 11.6 Å². The maximum absolute atomic E-state index is 13.1. The summed E-state index contributed by atoms with van der Waals surface area (Å²) < 4.78 is 0. The predicted molar refractivity (Wildman–Crippen MR) is 105 cm³/mol. The molecule has 140 valence electrons. The number of halogens is 2. The smallest absolute Gasteiger partial charge is 0.319 e. The zero-order valence-electron chi connectivity index (χ0n) is 14.8. The van der Waals surface area contributed by atoms with Gasteiger partial charge in [-0.25, -0.2) is 9.69 Å². The number of rotatable bonds is 3. The molecule has 0 bridgehead atoms. The van der Waals surface area contributed by atoms with Crippen molar-refractivity contribution >= 4 is 35.1 Å². The van der Waals surface area contributed by atoms with Gasteiger partial charge in [-0.05, 0) is 36.6 Å². The van der Waals surface area contributed by atoms with Crippen molar-refractivity contribution in [3.8, 4) is 0 Å². The van der Waals surface area contributed by atoms with E-state index in [-0.39, 0.29) is 12.6 Å². The monoisotopic (exact) mass is 403 g/mol. The highest BCUT2D eigenvalue weighted by Crippen LogP contribution is 2.35. The van der Waals surface area contributed by atoms with Gasteiger partial charge in [0.15, 0.2) is 0 Å². The molecular formula is C20H19Cl2N3O2. The van der Waals surface area contributed by atoms with Gasteiger partial charge in [-0.1, -0.05) is 53.5 Å². The molecule has 3 amide bonds. The van der Waals surface area contributed by atoms with Gasteiger partial charge in [-0.3, -0.25) is 9.69 Å². The molecule has 0 aromatic heterocycles. The van der Waals surface area contributed by atoms with E-state index >= 15 is 0 Å². The molecule has 5 nitrogen and oxygen atoms in total. The molecule has 27 heavy (non-hydrogen) atoms. The van der Waals surface area contributed by atoms with E-state index in [4.69, 9.17) is 23.2 Å². The first-order valence-corrected chi connectivity index (χ1v) is 9.53. The van der Waals surface area contributed by atoms with Gasteiger partial charge in [0.25, 0.3) is 5.91 Å². The molecule has 1 N–H and O–H groups in total. The Morgan fingerprint density at radius 3 is 2.59 bits per heavy atom. The minimum atomic E-state index is -1.20. The second-order valence-corrected chi connectivity index (χ2v) is 7.97. The van der Waals surface area contributed by atoms with Crippen molar-refractivity contribution in [2.45, 2.75) is 25.4 Å². The molecular weight excluding hydrogens is 385 g/mol. The van der Waals surface area contributed by atoms with E-state index in [9.17, 15) is 9.59 Å². The summed E-state index contributed by atoms with van der Waals surface area (Å²) in [5.74, 6) is -0.310. The summed E-state index contributed by atoms with van der Waals surface area (Å²) in [6, 6.07) is 12.8. The number of hydrogen-bond donors (Lipinski definition) is 1. The molecule has 0 unspecified atom stereocenters. The first-order valence-electron chi connectivity index (χ1n) is 8.77. The molecule has 4 rings (SSSR count). The van der Waals surface area contributed by atoms with E-state index in [1.807, 2.05) is 12.1 Å². The molecule has 2 aliphatic rings. The zero-order valence-corrected chi connectivity index (χ0v) is 16.3. The van der Waals surface area contributed by atoms with Crippen LogP contribution in [0.2, 0.25) is 10.0 Å². The summed E-state index contributed by atoms with van der Waals surface area (Å²) in [5.41, 5.74) is 1.90. The molecule has 7 heteroatoms. The molecule has 1 atom stereocenters. The topological polar surface area (TPSA) is 52.7 Å². The Hall–Kier alpha value is -2.08. The van der Waals surface area contributed by atoms with E-state index in [1.54, 1.807) is 25.1 Å². The van der Waals surface area contributed by atoms with Crippen molar-refractivity contribution in [1.29, 1.82) is 0 Å². The van der Waals surface area contributed by atoms with E-state index in [1.165, 1.54) is 16.0 Å². The van der Waals surface area contributed by atoms with Crippen LogP contribution in [0.3, 0.4) is 0 Å². The molecule has 0 radical (unpaired) electrons. The third kappa shape index (κ3) is 3.20. The van der Waals surface area contributed by atoms with Crippen LogP contribution in [-0.4, -0.2) is 35.0 Å². The highest BCUT2D eigenvalue weighted by Gasteiger charge is 2.50. The van der Waals surface area contributed by atoms with Crippen molar-refractivity contribution in [2.24, 2.45) is 0 Å². The highest BCUT2D eigenvalue weighted by atomic mass is 35.5. The average Bonchev–Trinajstić information content (AvgIpc) is 2.85. The van der Waals surface area contributed by atoms with Crippen molar-refractivity contribution in [1.82, 2.24) is 15.1 Å². The summed E-state index contributed by atoms with van der Waals surface area (Å²) in [4.78, 5) is 29.1. The summed E-state index contributed by atoms with van der Waals surface area (Å²) in [6.45, 7) is 3.44. The van der Waals surface area contributed by atoms with Crippen molar-refractivity contribution < 1.29 is 9.59 Å². The van der Waals surface area contributed by atoms with E-state index in [0.717, 1.165) is 13.0 Å². The Labute approximate surface area is 167 Å². The number of fused-ring (bicyclic) bond motifs is 1. The molecule has 2 aliphatic heterocycles. The third-order valence-electron chi connectivity index (χ3n) is 5.30. The lowest BCUT2D eigenvalue weighted by molar-refractivity contribution is -0.132. The lowest BCUT2D eigenvalue weighted by atomic mass is 9.92. The van der Waals surface area contributed by atoms with Crippen LogP contribution in [-0.2, 0) is 23.3 Å². The second-order valence-electron chi connectivity index (χ2n) is 7.13. The Kier molecular flexibility index (Phi) is 4.62. The van der Waals surface area contributed by atoms with Gasteiger partial charge in [-0.15, -0.1) is 0 Å². The van der Waals surface area contributed by atoms with Crippen molar-refractivity contribution in [3.05, 3.63) is 69.2 Å². The van der Waals surface area contributed by atoms with Gasteiger partial charge in [0.1, 0.15) is 5.54 Å². The van der Waals surface area contributed by atoms with Gasteiger partial charge in [0, 0.05) is 28.7 Å². The van der Waals surface area contributed by atoms with Crippen LogP contribution in [0.15, 0.2) is 42.5 Å². The second kappa shape index (κ2) is 6.82. The van der Waals surface area contributed by atoms with Crippen LogP contribution in [0.4, 0.5) is 4.79 Å². The number of carbonyl (C=O) groups excluding carboxylic acids is 2. The standard InChI is InChI=1S/C20H19Cl2N3O2/c1-20(16-7-6-15(21)10-17(16)22)18(26)25(19(27)23-20)12-24-9-8-13-4-2-3-5-14(13)11-24/h2-7,10H,8-9,11-12H2,1H3,(H,23,27)/t20-/m0/s1. The van der Waals surface area contributed by atoms with E-state index in [2.05, 4.69) is 22.3 Å². The average molecular weight is 404 g/mol. The van der Waals surface area contributed by atoms with Crippen molar-refractivity contribution in [2.75, 3.05) is 13.2 Å². The number of carbonyl (C=O) groups is 2. The predicted octanol–water partition coefficient (Wildman–Crippen LogP) is 3.78. The van der Waals surface area contributed by atoms with Crippen LogP contribution in [0.1, 0.15) is 23.6 Å². The molecule has 2 aromatic rings. The Morgan fingerprint density at radius 1 is 1.11 bits per heavy atom.